The molecule has 6 heteroatoms. The highest BCUT2D eigenvalue weighted by Gasteiger charge is 2.17. The number of anilines is 1. The Kier molecular flexibility index (Phi) is 5.66. The first-order chi connectivity index (χ1) is 10.5. The van der Waals surface area contributed by atoms with Gasteiger partial charge in [0.05, 0.1) is 16.1 Å². The Bertz CT molecular complexity index is 649. The standard InChI is InChI=1S/C16H15Cl2NO3/c17-13-7-6-12(10-14(13)18)19(16(21)22)9-8-15(20)11-4-2-1-3-5-11/h1-7,10,15,20H,8-9H2,(H,21,22)/t15-/m1/s1. The smallest absolute Gasteiger partial charge is 0.411 e. The van der Waals surface area contributed by atoms with Gasteiger partial charge in [0.1, 0.15) is 0 Å². The van der Waals surface area contributed by atoms with E-state index in [1.54, 1.807) is 24.3 Å². The molecule has 2 N–H and O–H groups in total. The van der Waals surface area contributed by atoms with Crippen molar-refractivity contribution >= 4 is 35.0 Å². The summed E-state index contributed by atoms with van der Waals surface area (Å²) in [5, 5.41) is 20.1. The molecule has 0 spiro atoms. The van der Waals surface area contributed by atoms with E-state index in [0.29, 0.717) is 10.7 Å². The number of aliphatic hydroxyl groups excluding tert-OH is 1. The average molecular weight is 340 g/mol. The van der Waals surface area contributed by atoms with Crippen LogP contribution in [0.25, 0.3) is 0 Å². The Hall–Kier alpha value is -1.75. The minimum Gasteiger partial charge on any atom is -0.465 e. The van der Waals surface area contributed by atoms with Crippen molar-refractivity contribution < 1.29 is 15.0 Å². The Balaban J connectivity index is 2.09. The molecule has 4 nitrogen and oxygen atoms in total. The zero-order chi connectivity index (χ0) is 16.1. The second-order valence-electron chi connectivity index (χ2n) is 4.75. The van der Waals surface area contributed by atoms with Crippen molar-refractivity contribution in [2.24, 2.45) is 0 Å². The normalized spacial score (nSPS) is 12.0. The van der Waals surface area contributed by atoms with Crippen molar-refractivity contribution in [3.63, 3.8) is 0 Å². The molecule has 2 rings (SSSR count). The fraction of sp³-hybridized carbons (Fsp3) is 0.188. The molecule has 1 atom stereocenters. The van der Waals surface area contributed by atoms with Crippen LogP contribution in [0.1, 0.15) is 18.1 Å². The van der Waals surface area contributed by atoms with E-state index in [1.807, 2.05) is 18.2 Å². The van der Waals surface area contributed by atoms with Gasteiger partial charge in [0.15, 0.2) is 0 Å². The zero-order valence-electron chi connectivity index (χ0n) is 11.6. The minimum absolute atomic E-state index is 0.142. The summed E-state index contributed by atoms with van der Waals surface area (Å²) in [5.74, 6) is 0. The quantitative estimate of drug-likeness (QED) is 0.836. The van der Waals surface area contributed by atoms with E-state index in [1.165, 1.54) is 6.07 Å². The number of hydrogen-bond donors (Lipinski definition) is 2. The summed E-state index contributed by atoms with van der Waals surface area (Å²) in [4.78, 5) is 12.5. The zero-order valence-corrected chi connectivity index (χ0v) is 13.1. The highest BCUT2D eigenvalue weighted by Crippen LogP contribution is 2.28. The van der Waals surface area contributed by atoms with Gasteiger partial charge in [-0.3, -0.25) is 4.90 Å². The van der Waals surface area contributed by atoms with E-state index in [2.05, 4.69) is 0 Å². The molecule has 0 aliphatic heterocycles. The summed E-state index contributed by atoms with van der Waals surface area (Å²) in [7, 11) is 0. The Morgan fingerprint density at radius 3 is 2.36 bits per heavy atom. The van der Waals surface area contributed by atoms with Crippen LogP contribution in [0.4, 0.5) is 10.5 Å². The van der Waals surface area contributed by atoms with Gasteiger partial charge >= 0.3 is 6.09 Å². The summed E-state index contributed by atoms with van der Waals surface area (Å²) in [6, 6.07) is 13.7. The van der Waals surface area contributed by atoms with E-state index < -0.39 is 12.2 Å². The van der Waals surface area contributed by atoms with E-state index in [0.717, 1.165) is 10.5 Å². The molecule has 0 heterocycles. The van der Waals surface area contributed by atoms with Crippen LogP contribution in [0.2, 0.25) is 10.0 Å². The van der Waals surface area contributed by atoms with Gasteiger partial charge in [-0.15, -0.1) is 0 Å². The van der Waals surface area contributed by atoms with Crippen molar-refractivity contribution in [3.05, 3.63) is 64.1 Å². The number of benzene rings is 2. The van der Waals surface area contributed by atoms with Gasteiger partial charge < -0.3 is 10.2 Å². The molecule has 2 aromatic carbocycles. The van der Waals surface area contributed by atoms with Crippen molar-refractivity contribution in [1.82, 2.24) is 0 Å². The number of carboxylic acid groups (broad SMARTS) is 1. The fourth-order valence-corrected chi connectivity index (χ4v) is 2.37. The average Bonchev–Trinajstić information content (AvgIpc) is 2.51. The van der Waals surface area contributed by atoms with Crippen LogP contribution < -0.4 is 4.90 Å². The number of rotatable bonds is 5. The molecule has 2 aromatic rings. The number of aliphatic hydroxyl groups is 1. The Morgan fingerprint density at radius 1 is 1.09 bits per heavy atom. The van der Waals surface area contributed by atoms with Gasteiger partial charge in [0.25, 0.3) is 0 Å². The highest BCUT2D eigenvalue weighted by atomic mass is 35.5. The summed E-state index contributed by atoms with van der Waals surface area (Å²) in [6.45, 7) is 0.142. The molecular weight excluding hydrogens is 325 g/mol. The maximum absolute atomic E-state index is 11.4. The van der Waals surface area contributed by atoms with Gasteiger partial charge in [0.2, 0.25) is 0 Å². The van der Waals surface area contributed by atoms with Crippen LogP contribution in [0.3, 0.4) is 0 Å². The lowest BCUT2D eigenvalue weighted by Gasteiger charge is -2.21. The number of hydrogen-bond acceptors (Lipinski definition) is 2. The van der Waals surface area contributed by atoms with Crippen LogP contribution in [-0.4, -0.2) is 22.9 Å². The molecule has 0 aromatic heterocycles. The van der Waals surface area contributed by atoms with Gasteiger partial charge in [0, 0.05) is 12.2 Å². The number of carbonyl (C=O) groups is 1. The fourth-order valence-electron chi connectivity index (χ4n) is 2.08. The molecule has 22 heavy (non-hydrogen) atoms. The van der Waals surface area contributed by atoms with Crippen molar-refractivity contribution in [2.75, 3.05) is 11.4 Å². The molecule has 0 saturated carbocycles. The molecule has 0 aliphatic rings. The van der Waals surface area contributed by atoms with Crippen LogP contribution in [0, 0.1) is 0 Å². The number of nitrogens with zero attached hydrogens (tertiary/aromatic N) is 1. The molecule has 0 saturated heterocycles. The third-order valence-corrected chi connectivity index (χ3v) is 4.00. The van der Waals surface area contributed by atoms with Crippen LogP contribution >= 0.6 is 23.2 Å². The predicted octanol–water partition coefficient (Wildman–Crippen LogP) is 4.60. The molecular formula is C16H15Cl2NO3. The van der Waals surface area contributed by atoms with E-state index in [9.17, 15) is 15.0 Å². The van der Waals surface area contributed by atoms with E-state index >= 15 is 0 Å². The Labute approximate surface area is 138 Å². The Morgan fingerprint density at radius 2 is 1.77 bits per heavy atom. The molecule has 116 valence electrons. The van der Waals surface area contributed by atoms with Gasteiger partial charge in [-0.05, 0) is 30.2 Å². The molecule has 0 aliphatic carbocycles. The predicted molar refractivity (Wildman–Crippen MR) is 87.9 cm³/mol. The third-order valence-electron chi connectivity index (χ3n) is 3.26. The van der Waals surface area contributed by atoms with Crippen molar-refractivity contribution in [3.8, 4) is 0 Å². The molecule has 1 amide bonds. The molecule has 0 fully saturated rings. The summed E-state index contributed by atoms with van der Waals surface area (Å²) in [5.41, 5.74) is 1.17. The van der Waals surface area contributed by atoms with Gasteiger partial charge in [-0.1, -0.05) is 53.5 Å². The maximum Gasteiger partial charge on any atom is 0.411 e. The lowest BCUT2D eigenvalue weighted by atomic mass is 10.1. The van der Waals surface area contributed by atoms with E-state index in [-0.39, 0.29) is 18.0 Å². The molecule has 0 radical (unpaired) electrons. The topological polar surface area (TPSA) is 60.8 Å². The van der Waals surface area contributed by atoms with Crippen LogP contribution in [-0.2, 0) is 0 Å². The third kappa shape index (κ3) is 4.13. The lowest BCUT2D eigenvalue weighted by molar-refractivity contribution is 0.166. The maximum atomic E-state index is 11.4. The van der Waals surface area contributed by atoms with Crippen molar-refractivity contribution in [1.29, 1.82) is 0 Å². The minimum atomic E-state index is -1.11. The van der Waals surface area contributed by atoms with Gasteiger partial charge in [-0.25, -0.2) is 4.79 Å². The van der Waals surface area contributed by atoms with Gasteiger partial charge in [-0.2, -0.15) is 0 Å². The second kappa shape index (κ2) is 7.49. The molecule has 0 unspecified atom stereocenters. The second-order valence-corrected chi connectivity index (χ2v) is 5.56. The van der Waals surface area contributed by atoms with Crippen molar-refractivity contribution in [2.45, 2.75) is 12.5 Å². The molecule has 0 bridgehead atoms. The first kappa shape index (κ1) is 16.6. The van der Waals surface area contributed by atoms with Crippen LogP contribution in [0.15, 0.2) is 48.5 Å². The largest absolute Gasteiger partial charge is 0.465 e. The monoisotopic (exact) mass is 339 g/mol. The SMILES string of the molecule is O=C(O)N(CC[C@@H](O)c1ccccc1)c1ccc(Cl)c(Cl)c1. The summed E-state index contributed by atoms with van der Waals surface area (Å²) < 4.78 is 0. The summed E-state index contributed by atoms with van der Waals surface area (Å²) >= 11 is 11.8. The lowest BCUT2D eigenvalue weighted by Crippen LogP contribution is -2.31. The number of halogens is 2. The highest BCUT2D eigenvalue weighted by molar-refractivity contribution is 6.42. The first-order valence-corrected chi connectivity index (χ1v) is 7.43. The number of amides is 1. The summed E-state index contributed by atoms with van der Waals surface area (Å²) in [6.07, 6.45) is -1.57. The van der Waals surface area contributed by atoms with Crippen LogP contribution in [0.5, 0.6) is 0 Å². The van der Waals surface area contributed by atoms with E-state index in [4.69, 9.17) is 23.2 Å². The first-order valence-electron chi connectivity index (χ1n) is 6.67.